The molecule has 2 N–H and O–H groups in total. The van der Waals surface area contributed by atoms with E-state index in [1.807, 2.05) is 0 Å². The fraction of sp³-hybridized carbons (Fsp3) is 0.900. The van der Waals surface area contributed by atoms with E-state index in [9.17, 15) is 4.79 Å². The van der Waals surface area contributed by atoms with Gasteiger partial charge in [-0.2, -0.15) is 0 Å². The SMILES string of the molecule is COCCCCNC(C)(COC)C(=O)O. The van der Waals surface area contributed by atoms with E-state index >= 15 is 0 Å². The van der Waals surface area contributed by atoms with Crippen LogP contribution in [0.25, 0.3) is 0 Å². The van der Waals surface area contributed by atoms with E-state index in [4.69, 9.17) is 14.6 Å². The zero-order chi connectivity index (χ0) is 11.7. The largest absolute Gasteiger partial charge is 0.480 e. The Morgan fingerprint density at radius 1 is 1.33 bits per heavy atom. The van der Waals surface area contributed by atoms with E-state index in [-0.39, 0.29) is 6.61 Å². The number of carboxylic acids is 1. The third kappa shape index (κ3) is 5.71. The number of rotatable bonds is 9. The molecular formula is C10H21NO4. The Hall–Kier alpha value is -0.650. The summed E-state index contributed by atoms with van der Waals surface area (Å²) in [5.41, 5.74) is -0.998. The Bertz CT molecular complexity index is 186. The van der Waals surface area contributed by atoms with Gasteiger partial charge < -0.3 is 19.9 Å². The number of carbonyl (C=O) groups is 1. The van der Waals surface area contributed by atoms with Gasteiger partial charge in [-0.1, -0.05) is 0 Å². The van der Waals surface area contributed by atoms with Crippen LogP contribution in [-0.4, -0.2) is 50.6 Å². The average Bonchev–Trinajstić information content (AvgIpc) is 2.18. The fourth-order valence-electron chi connectivity index (χ4n) is 1.21. The van der Waals surface area contributed by atoms with Crippen LogP contribution in [-0.2, 0) is 14.3 Å². The summed E-state index contributed by atoms with van der Waals surface area (Å²) in [6.45, 7) is 3.13. The maximum Gasteiger partial charge on any atom is 0.326 e. The second kappa shape index (κ2) is 7.62. The van der Waals surface area contributed by atoms with E-state index in [2.05, 4.69) is 5.32 Å². The molecule has 15 heavy (non-hydrogen) atoms. The van der Waals surface area contributed by atoms with Crippen LogP contribution < -0.4 is 5.32 Å². The van der Waals surface area contributed by atoms with Crippen molar-refractivity contribution in [3.63, 3.8) is 0 Å². The summed E-state index contributed by atoms with van der Waals surface area (Å²) < 4.78 is 9.78. The monoisotopic (exact) mass is 219 g/mol. The van der Waals surface area contributed by atoms with Gasteiger partial charge in [-0.25, -0.2) is 0 Å². The number of carboxylic acid groups (broad SMARTS) is 1. The standard InChI is InChI=1S/C10H21NO4/c1-10(8-15-3,9(12)13)11-6-4-5-7-14-2/h11H,4-8H2,1-3H3,(H,12,13). The predicted octanol–water partition coefficient (Wildman–Crippen LogP) is 0.492. The van der Waals surface area contributed by atoms with Gasteiger partial charge in [0.1, 0.15) is 5.54 Å². The fourth-order valence-corrected chi connectivity index (χ4v) is 1.21. The molecule has 0 fully saturated rings. The molecule has 0 aromatic carbocycles. The molecule has 0 aromatic rings. The molecule has 0 saturated carbocycles. The highest BCUT2D eigenvalue weighted by atomic mass is 16.5. The lowest BCUT2D eigenvalue weighted by atomic mass is 10.0. The molecule has 0 bridgehead atoms. The van der Waals surface area contributed by atoms with Crippen molar-refractivity contribution in [3.8, 4) is 0 Å². The highest BCUT2D eigenvalue weighted by molar-refractivity contribution is 5.78. The first-order valence-electron chi connectivity index (χ1n) is 5.03. The second-order valence-electron chi connectivity index (χ2n) is 3.70. The van der Waals surface area contributed by atoms with Gasteiger partial charge in [-0.3, -0.25) is 4.79 Å². The normalized spacial score (nSPS) is 14.9. The van der Waals surface area contributed by atoms with E-state index < -0.39 is 11.5 Å². The minimum atomic E-state index is -0.998. The number of ether oxygens (including phenoxy) is 2. The van der Waals surface area contributed by atoms with E-state index in [0.29, 0.717) is 13.2 Å². The van der Waals surface area contributed by atoms with E-state index in [1.165, 1.54) is 7.11 Å². The van der Waals surface area contributed by atoms with Crippen LogP contribution in [0.5, 0.6) is 0 Å². The van der Waals surface area contributed by atoms with Gasteiger partial charge >= 0.3 is 5.97 Å². The smallest absolute Gasteiger partial charge is 0.326 e. The summed E-state index contributed by atoms with van der Waals surface area (Å²) in [7, 11) is 3.15. The molecule has 1 unspecified atom stereocenters. The number of unbranched alkanes of at least 4 members (excludes halogenated alkanes) is 1. The topological polar surface area (TPSA) is 67.8 Å². The van der Waals surface area contributed by atoms with Gasteiger partial charge in [0.05, 0.1) is 6.61 Å². The predicted molar refractivity (Wildman–Crippen MR) is 57.0 cm³/mol. The molecule has 0 spiro atoms. The number of methoxy groups -OCH3 is 2. The maximum atomic E-state index is 11.0. The second-order valence-corrected chi connectivity index (χ2v) is 3.70. The first kappa shape index (κ1) is 14.3. The average molecular weight is 219 g/mol. The lowest BCUT2D eigenvalue weighted by Gasteiger charge is -2.25. The van der Waals surface area contributed by atoms with Gasteiger partial charge in [0.15, 0.2) is 0 Å². The Balaban J connectivity index is 3.81. The van der Waals surface area contributed by atoms with E-state index in [1.54, 1.807) is 14.0 Å². The van der Waals surface area contributed by atoms with Crippen molar-refractivity contribution >= 4 is 5.97 Å². The van der Waals surface area contributed by atoms with Gasteiger partial charge in [-0.15, -0.1) is 0 Å². The van der Waals surface area contributed by atoms with Gasteiger partial charge in [0.2, 0.25) is 0 Å². The molecule has 5 nitrogen and oxygen atoms in total. The summed E-state index contributed by atoms with van der Waals surface area (Å²) in [5.74, 6) is -0.893. The number of hydrogen-bond donors (Lipinski definition) is 2. The molecule has 5 heteroatoms. The minimum absolute atomic E-state index is 0.159. The number of nitrogens with one attached hydrogen (secondary N) is 1. The van der Waals surface area contributed by atoms with Crippen LogP contribution in [0, 0.1) is 0 Å². The highest BCUT2D eigenvalue weighted by Gasteiger charge is 2.32. The zero-order valence-electron chi connectivity index (χ0n) is 9.71. The molecule has 0 radical (unpaired) electrons. The molecule has 0 rings (SSSR count). The Labute approximate surface area is 90.8 Å². The molecule has 0 aliphatic heterocycles. The van der Waals surface area contributed by atoms with Crippen LogP contribution in [0.15, 0.2) is 0 Å². The molecule has 0 aromatic heterocycles. The summed E-state index contributed by atoms with van der Waals surface area (Å²) in [6, 6.07) is 0. The van der Waals surface area contributed by atoms with Crippen molar-refractivity contribution in [2.75, 3.05) is 34.0 Å². The summed E-state index contributed by atoms with van der Waals surface area (Å²) in [5, 5.41) is 12.0. The first-order valence-corrected chi connectivity index (χ1v) is 5.03. The summed E-state index contributed by atoms with van der Waals surface area (Å²) in [4.78, 5) is 11.0. The Kier molecular flexibility index (Phi) is 7.29. The molecule has 90 valence electrons. The van der Waals surface area contributed by atoms with Crippen molar-refractivity contribution < 1.29 is 19.4 Å². The molecular weight excluding hydrogens is 198 g/mol. The zero-order valence-corrected chi connectivity index (χ0v) is 9.71. The van der Waals surface area contributed by atoms with Crippen molar-refractivity contribution in [2.45, 2.75) is 25.3 Å². The van der Waals surface area contributed by atoms with Crippen molar-refractivity contribution in [1.29, 1.82) is 0 Å². The van der Waals surface area contributed by atoms with Crippen molar-refractivity contribution in [1.82, 2.24) is 5.32 Å². The number of hydrogen-bond acceptors (Lipinski definition) is 4. The molecule has 0 heterocycles. The highest BCUT2D eigenvalue weighted by Crippen LogP contribution is 2.04. The quantitative estimate of drug-likeness (QED) is 0.552. The lowest BCUT2D eigenvalue weighted by molar-refractivity contribution is -0.146. The van der Waals surface area contributed by atoms with Gasteiger partial charge in [-0.05, 0) is 26.3 Å². The minimum Gasteiger partial charge on any atom is -0.480 e. The third-order valence-electron chi connectivity index (χ3n) is 2.20. The Morgan fingerprint density at radius 3 is 2.47 bits per heavy atom. The third-order valence-corrected chi connectivity index (χ3v) is 2.20. The van der Waals surface area contributed by atoms with Crippen LogP contribution >= 0.6 is 0 Å². The van der Waals surface area contributed by atoms with Crippen molar-refractivity contribution in [3.05, 3.63) is 0 Å². The molecule has 1 atom stereocenters. The Morgan fingerprint density at radius 2 is 2.00 bits per heavy atom. The van der Waals surface area contributed by atoms with Gasteiger partial charge in [0, 0.05) is 20.8 Å². The summed E-state index contributed by atoms with van der Waals surface area (Å²) in [6.07, 6.45) is 1.81. The molecule has 0 saturated heterocycles. The van der Waals surface area contributed by atoms with Crippen LogP contribution in [0.3, 0.4) is 0 Å². The van der Waals surface area contributed by atoms with Crippen LogP contribution in [0.4, 0.5) is 0 Å². The van der Waals surface area contributed by atoms with Crippen molar-refractivity contribution in [2.24, 2.45) is 0 Å². The summed E-state index contributed by atoms with van der Waals surface area (Å²) >= 11 is 0. The molecule has 0 amide bonds. The molecule has 0 aliphatic carbocycles. The lowest BCUT2D eigenvalue weighted by Crippen LogP contribution is -2.53. The van der Waals surface area contributed by atoms with Crippen LogP contribution in [0.1, 0.15) is 19.8 Å². The molecule has 0 aliphatic rings. The number of aliphatic carboxylic acids is 1. The first-order chi connectivity index (χ1) is 7.06. The van der Waals surface area contributed by atoms with Crippen LogP contribution in [0.2, 0.25) is 0 Å². The maximum absolute atomic E-state index is 11.0. The van der Waals surface area contributed by atoms with E-state index in [0.717, 1.165) is 12.8 Å². The van der Waals surface area contributed by atoms with Gasteiger partial charge in [0.25, 0.3) is 0 Å².